The Morgan fingerprint density at radius 1 is 1.40 bits per heavy atom. The van der Waals surface area contributed by atoms with Crippen molar-refractivity contribution < 1.29 is 9.84 Å². The summed E-state index contributed by atoms with van der Waals surface area (Å²) in [6.45, 7) is 8.59. The summed E-state index contributed by atoms with van der Waals surface area (Å²) in [7, 11) is 0. The minimum Gasteiger partial charge on any atom is -0.394 e. The molecule has 1 fully saturated rings. The van der Waals surface area contributed by atoms with Gasteiger partial charge in [-0.05, 0) is 5.56 Å². The van der Waals surface area contributed by atoms with E-state index in [4.69, 9.17) is 5.11 Å². The number of benzene rings is 1. The van der Waals surface area contributed by atoms with Crippen molar-refractivity contribution in [2.45, 2.75) is 20.0 Å². The van der Waals surface area contributed by atoms with Crippen LogP contribution in [0.25, 0.3) is 6.08 Å². The van der Waals surface area contributed by atoms with E-state index in [-0.39, 0.29) is 12.7 Å². The predicted molar refractivity (Wildman–Crippen MR) is 64.7 cm³/mol. The van der Waals surface area contributed by atoms with Crippen molar-refractivity contribution in [1.82, 2.24) is 0 Å². The third-order valence-electron chi connectivity index (χ3n) is 1.64. The van der Waals surface area contributed by atoms with E-state index in [1.165, 1.54) is 5.56 Å². The molecular weight excluding hydrogens is 188 g/mol. The van der Waals surface area contributed by atoms with Gasteiger partial charge in [0, 0.05) is 0 Å². The zero-order valence-corrected chi connectivity index (χ0v) is 9.52. The van der Waals surface area contributed by atoms with E-state index in [0.29, 0.717) is 0 Å². The smallest absolute Gasteiger partial charge is 0.104 e. The molecule has 2 nitrogen and oxygen atoms in total. The van der Waals surface area contributed by atoms with Crippen LogP contribution in [-0.2, 0) is 4.74 Å². The van der Waals surface area contributed by atoms with Crippen LogP contribution < -0.4 is 0 Å². The first-order valence-electron chi connectivity index (χ1n) is 5.26. The molecule has 0 bridgehead atoms. The van der Waals surface area contributed by atoms with Crippen LogP contribution >= 0.6 is 0 Å². The van der Waals surface area contributed by atoms with E-state index in [9.17, 15) is 0 Å². The largest absolute Gasteiger partial charge is 0.394 e. The number of aliphatic hydroxyl groups is 1. The highest BCUT2D eigenvalue weighted by Gasteiger charge is 2.19. The quantitative estimate of drug-likeness (QED) is 0.758. The Bertz CT molecular complexity index is 240. The molecule has 0 amide bonds. The molecule has 0 saturated carbocycles. The minimum absolute atomic E-state index is 0.190. The van der Waals surface area contributed by atoms with Crippen LogP contribution in [0.3, 0.4) is 0 Å². The maximum Gasteiger partial charge on any atom is 0.104 e. The standard InChI is InChI=1S/C8H8.C3H6O2.C2H6/c1-2-8-6-4-3-5-7-8;4-1-3-2-5-3;1-2/h2-7H,1H2;3-4H,1-2H2;1-2H3. The summed E-state index contributed by atoms with van der Waals surface area (Å²) in [6.07, 6.45) is 2.02. The first kappa shape index (κ1) is 13.9. The number of hydrogen-bond donors (Lipinski definition) is 1. The molecule has 2 heteroatoms. The highest BCUT2D eigenvalue weighted by molar-refractivity contribution is 5.45. The number of ether oxygens (including phenoxy) is 1. The molecule has 1 heterocycles. The maximum atomic E-state index is 8.08. The molecule has 15 heavy (non-hydrogen) atoms. The molecule has 0 spiro atoms. The normalized spacial score (nSPS) is 16.3. The summed E-state index contributed by atoms with van der Waals surface area (Å²) in [5.74, 6) is 0. The van der Waals surface area contributed by atoms with Crippen LogP contribution in [0.15, 0.2) is 36.9 Å². The maximum absolute atomic E-state index is 8.08. The summed E-state index contributed by atoms with van der Waals surface area (Å²) in [5.41, 5.74) is 1.17. The van der Waals surface area contributed by atoms with E-state index in [1.807, 2.05) is 50.3 Å². The molecule has 1 aromatic carbocycles. The van der Waals surface area contributed by atoms with Gasteiger partial charge in [-0.25, -0.2) is 0 Å². The van der Waals surface area contributed by atoms with Gasteiger partial charge in [0.05, 0.1) is 13.2 Å². The predicted octanol–water partition coefficient (Wildman–Crippen LogP) is 2.73. The fourth-order valence-corrected chi connectivity index (χ4v) is 0.763. The Morgan fingerprint density at radius 3 is 2.13 bits per heavy atom. The van der Waals surface area contributed by atoms with Crippen molar-refractivity contribution in [2.75, 3.05) is 13.2 Å². The number of aliphatic hydroxyl groups excluding tert-OH is 1. The van der Waals surface area contributed by atoms with Crippen LogP contribution in [0.1, 0.15) is 19.4 Å². The Morgan fingerprint density at radius 2 is 1.93 bits per heavy atom. The molecule has 2 rings (SSSR count). The number of hydrogen-bond acceptors (Lipinski definition) is 2. The minimum atomic E-state index is 0.190. The first-order valence-corrected chi connectivity index (χ1v) is 5.26. The van der Waals surface area contributed by atoms with Crippen molar-refractivity contribution in [3.8, 4) is 0 Å². The molecule has 1 N–H and O–H groups in total. The van der Waals surface area contributed by atoms with Gasteiger partial charge in [0.25, 0.3) is 0 Å². The zero-order valence-electron chi connectivity index (χ0n) is 9.52. The van der Waals surface area contributed by atoms with Gasteiger partial charge in [0.2, 0.25) is 0 Å². The molecule has 0 aromatic heterocycles. The SMILES string of the molecule is C=Cc1ccccc1.CC.OCC1CO1. The molecule has 1 aliphatic heterocycles. The van der Waals surface area contributed by atoms with Crippen molar-refractivity contribution in [3.05, 3.63) is 42.5 Å². The molecule has 1 unspecified atom stereocenters. The van der Waals surface area contributed by atoms with Gasteiger partial charge in [-0.2, -0.15) is 0 Å². The second-order valence-electron chi connectivity index (χ2n) is 2.75. The Labute approximate surface area is 92.2 Å². The summed E-state index contributed by atoms with van der Waals surface area (Å²) < 4.78 is 4.61. The van der Waals surface area contributed by atoms with Gasteiger partial charge in [-0.15, -0.1) is 0 Å². The molecule has 1 atom stereocenters. The molecule has 0 aliphatic carbocycles. The number of rotatable bonds is 2. The highest BCUT2D eigenvalue weighted by Crippen LogP contribution is 2.04. The van der Waals surface area contributed by atoms with Gasteiger partial charge in [-0.3, -0.25) is 0 Å². The Balaban J connectivity index is 0.000000241. The first-order chi connectivity index (χ1) is 7.36. The molecule has 1 saturated heterocycles. The van der Waals surface area contributed by atoms with E-state index in [1.54, 1.807) is 0 Å². The lowest BCUT2D eigenvalue weighted by Gasteiger charge is -1.85. The average Bonchev–Trinajstić information content (AvgIpc) is 3.17. The lowest BCUT2D eigenvalue weighted by Crippen LogP contribution is -1.88. The van der Waals surface area contributed by atoms with Crippen LogP contribution in [0.2, 0.25) is 0 Å². The third-order valence-corrected chi connectivity index (χ3v) is 1.64. The highest BCUT2D eigenvalue weighted by atomic mass is 16.6. The molecule has 0 radical (unpaired) electrons. The van der Waals surface area contributed by atoms with Crippen LogP contribution in [0, 0.1) is 0 Å². The topological polar surface area (TPSA) is 32.8 Å². The molecule has 84 valence electrons. The Kier molecular flexibility index (Phi) is 8.73. The van der Waals surface area contributed by atoms with Crippen LogP contribution in [0.4, 0.5) is 0 Å². The lowest BCUT2D eigenvalue weighted by molar-refractivity contribution is 0.244. The van der Waals surface area contributed by atoms with Gasteiger partial charge < -0.3 is 9.84 Å². The zero-order chi connectivity index (χ0) is 11.5. The van der Waals surface area contributed by atoms with Gasteiger partial charge in [0.1, 0.15) is 6.10 Å². The number of epoxide rings is 1. The average molecular weight is 208 g/mol. The Hall–Kier alpha value is -1.12. The third kappa shape index (κ3) is 7.91. The van der Waals surface area contributed by atoms with E-state index in [2.05, 4.69) is 11.3 Å². The van der Waals surface area contributed by atoms with E-state index in [0.717, 1.165) is 6.61 Å². The molecule has 1 aliphatic rings. The fraction of sp³-hybridized carbons (Fsp3) is 0.385. The second kappa shape index (κ2) is 9.44. The lowest BCUT2D eigenvalue weighted by atomic mass is 10.2. The summed E-state index contributed by atoms with van der Waals surface area (Å²) >= 11 is 0. The van der Waals surface area contributed by atoms with Crippen LogP contribution in [-0.4, -0.2) is 24.4 Å². The molecular formula is C13H20O2. The second-order valence-corrected chi connectivity index (χ2v) is 2.75. The monoisotopic (exact) mass is 208 g/mol. The van der Waals surface area contributed by atoms with E-state index >= 15 is 0 Å². The fourth-order valence-electron chi connectivity index (χ4n) is 0.763. The summed E-state index contributed by atoms with van der Waals surface area (Å²) in [6, 6.07) is 10.0. The summed E-state index contributed by atoms with van der Waals surface area (Å²) in [5, 5.41) is 8.08. The van der Waals surface area contributed by atoms with Crippen LogP contribution in [0.5, 0.6) is 0 Å². The molecule has 1 aromatic rings. The van der Waals surface area contributed by atoms with Crippen molar-refractivity contribution in [3.63, 3.8) is 0 Å². The van der Waals surface area contributed by atoms with Gasteiger partial charge >= 0.3 is 0 Å². The van der Waals surface area contributed by atoms with Crippen molar-refractivity contribution in [2.24, 2.45) is 0 Å². The summed E-state index contributed by atoms with van der Waals surface area (Å²) in [4.78, 5) is 0. The van der Waals surface area contributed by atoms with Crippen molar-refractivity contribution in [1.29, 1.82) is 0 Å². The van der Waals surface area contributed by atoms with Gasteiger partial charge in [0.15, 0.2) is 0 Å². The van der Waals surface area contributed by atoms with Gasteiger partial charge in [-0.1, -0.05) is 56.8 Å². The van der Waals surface area contributed by atoms with Crippen molar-refractivity contribution >= 4 is 6.08 Å². The van der Waals surface area contributed by atoms with E-state index < -0.39 is 0 Å².